The van der Waals surface area contributed by atoms with Crippen LogP contribution in [0.2, 0.25) is 0 Å². The second kappa shape index (κ2) is 10.1. The number of rotatable bonds is 3. The normalized spacial score (nSPS) is 19.8. The summed E-state index contributed by atoms with van der Waals surface area (Å²) in [6.07, 6.45) is -1.52. The molecule has 12 heteroatoms. The predicted molar refractivity (Wildman–Crippen MR) is 105 cm³/mol. The number of cyclic esters (lactones) is 1. The van der Waals surface area contributed by atoms with Crippen molar-refractivity contribution in [2.45, 2.75) is 24.8 Å². The van der Waals surface area contributed by atoms with Crippen molar-refractivity contribution in [3.8, 4) is 11.5 Å². The Morgan fingerprint density at radius 2 is 2.03 bits per heavy atom. The molecule has 1 aromatic rings. The van der Waals surface area contributed by atoms with Crippen molar-refractivity contribution < 1.29 is 43.6 Å². The maximum Gasteiger partial charge on any atom is 0.405 e. The molecule has 30 heavy (non-hydrogen) atoms. The highest BCUT2D eigenvalue weighted by atomic mass is 32.2. The van der Waals surface area contributed by atoms with E-state index in [1.807, 2.05) is 5.32 Å². The molecule has 1 aliphatic rings. The van der Waals surface area contributed by atoms with Gasteiger partial charge in [0.15, 0.2) is 0 Å². The van der Waals surface area contributed by atoms with Crippen LogP contribution in [0.5, 0.6) is 11.5 Å². The molecule has 0 saturated carbocycles. The number of nitrogens with one attached hydrogen (secondary N) is 2. The molecule has 2 amide bonds. The van der Waals surface area contributed by atoms with Gasteiger partial charge in [0, 0.05) is 28.7 Å². The van der Waals surface area contributed by atoms with Gasteiger partial charge in [-0.05, 0) is 6.92 Å². The number of thioether (sulfide) groups is 1. The van der Waals surface area contributed by atoms with Gasteiger partial charge >= 0.3 is 18.0 Å². The number of hydrogen-bond donors (Lipinski definition) is 4. The van der Waals surface area contributed by atoms with Crippen LogP contribution in [0, 0.1) is 6.92 Å². The highest BCUT2D eigenvalue weighted by molar-refractivity contribution is 7.98. The lowest BCUT2D eigenvalue weighted by Crippen LogP contribution is -2.54. The van der Waals surface area contributed by atoms with E-state index in [1.54, 1.807) is 6.92 Å². The molecule has 1 aliphatic heterocycles. The van der Waals surface area contributed by atoms with E-state index < -0.39 is 42.6 Å². The zero-order valence-electron chi connectivity index (χ0n) is 16.5. The van der Waals surface area contributed by atoms with Gasteiger partial charge in [0.25, 0.3) is 0 Å². The van der Waals surface area contributed by atoms with Gasteiger partial charge in [-0.1, -0.05) is 0 Å². The van der Waals surface area contributed by atoms with Crippen LogP contribution in [0.15, 0.2) is 6.07 Å². The lowest BCUT2D eigenvalue weighted by molar-refractivity contribution is -0.144. The van der Waals surface area contributed by atoms with Crippen LogP contribution in [0.3, 0.4) is 0 Å². The lowest BCUT2D eigenvalue weighted by Gasteiger charge is -2.23. The summed E-state index contributed by atoms with van der Waals surface area (Å²) in [5.41, 5.74) is 0.718. The molecule has 4 N–H and O–H groups in total. The summed E-state index contributed by atoms with van der Waals surface area (Å²) in [6, 6.07) is -1.18. The average Bonchev–Trinajstić information content (AvgIpc) is 2.70. The Morgan fingerprint density at radius 1 is 1.33 bits per heavy atom. The van der Waals surface area contributed by atoms with E-state index in [2.05, 4.69) is 10.1 Å². The summed E-state index contributed by atoms with van der Waals surface area (Å²) in [5, 5.41) is 23.7. The van der Waals surface area contributed by atoms with Crippen molar-refractivity contribution in [1.82, 2.24) is 10.6 Å². The number of carbonyl (C=O) groups is 4. The molecular weight excluding hydrogens is 420 g/mol. The minimum Gasteiger partial charge on any atom is -0.507 e. The Kier molecular flexibility index (Phi) is 7.75. The number of fused-ring (bicyclic) bond motifs is 1. The van der Waals surface area contributed by atoms with Gasteiger partial charge < -0.3 is 35.1 Å². The van der Waals surface area contributed by atoms with E-state index in [1.165, 1.54) is 13.2 Å². The summed E-state index contributed by atoms with van der Waals surface area (Å²) in [5.74, 6) is -2.20. The fourth-order valence-corrected chi connectivity index (χ4v) is 3.93. The molecule has 0 spiro atoms. The maximum absolute atomic E-state index is 12.7. The van der Waals surface area contributed by atoms with E-state index in [4.69, 9.17) is 14.6 Å². The van der Waals surface area contributed by atoms with Crippen LogP contribution in [-0.4, -0.2) is 72.8 Å². The molecule has 164 valence electrons. The molecule has 0 aliphatic carbocycles. The Hall–Kier alpha value is -3.15. The molecule has 0 radical (unpaired) electrons. The standard InChI is InChI=1S/C18H22N2O9S/c1-8-13(27-2)4-12(21)9-6-30-7-11(16(23)28-3)19-15(22)10(20-18(25)26)5-29-17(24)14(8)9/h4,10-11,20-21H,5-7H2,1-3H3,(H,19,22)(H,25,26). The third-order valence-electron chi connectivity index (χ3n) is 4.38. The number of methoxy groups -OCH3 is 2. The topological polar surface area (TPSA) is 160 Å². The second-order valence-electron chi connectivity index (χ2n) is 6.28. The third-order valence-corrected chi connectivity index (χ3v) is 5.44. The summed E-state index contributed by atoms with van der Waals surface area (Å²) in [7, 11) is 2.53. The van der Waals surface area contributed by atoms with Gasteiger partial charge in [-0.2, -0.15) is 11.8 Å². The van der Waals surface area contributed by atoms with Gasteiger partial charge in [0.1, 0.15) is 30.2 Å². The number of phenols is 1. The van der Waals surface area contributed by atoms with Gasteiger partial charge in [0.05, 0.1) is 19.8 Å². The van der Waals surface area contributed by atoms with Crippen molar-refractivity contribution in [3.63, 3.8) is 0 Å². The molecule has 0 bridgehead atoms. The first-order valence-corrected chi connectivity index (χ1v) is 9.87. The minimum atomic E-state index is -1.52. The Morgan fingerprint density at radius 3 is 2.63 bits per heavy atom. The maximum atomic E-state index is 12.7. The van der Waals surface area contributed by atoms with Gasteiger partial charge in [-0.3, -0.25) is 4.79 Å². The van der Waals surface area contributed by atoms with Crippen molar-refractivity contribution in [2.75, 3.05) is 26.6 Å². The number of hydrogen-bond acceptors (Lipinski definition) is 9. The van der Waals surface area contributed by atoms with E-state index in [0.29, 0.717) is 5.56 Å². The molecule has 0 fully saturated rings. The molecule has 0 aromatic heterocycles. The number of benzene rings is 1. The molecule has 1 aromatic carbocycles. The van der Waals surface area contributed by atoms with Gasteiger partial charge in [0.2, 0.25) is 5.91 Å². The number of carboxylic acid groups (broad SMARTS) is 1. The molecule has 1 heterocycles. The zero-order valence-corrected chi connectivity index (χ0v) is 17.3. The first kappa shape index (κ1) is 23.1. The molecule has 2 unspecified atom stereocenters. The molecule has 2 rings (SSSR count). The van der Waals surface area contributed by atoms with E-state index in [-0.39, 0.29) is 34.1 Å². The van der Waals surface area contributed by atoms with Gasteiger partial charge in [-0.25, -0.2) is 14.4 Å². The fraction of sp³-hybridized carbons (Fsp3) is 0.444. The first-order chi connectivity index (χ1) is 14.2. The van der Waals surface area contributed by atoms with Crippen molar-refractivity contribution in [2.24, 2.45) is 0 Å². The van der Waals surface area contributed by atoms with E-state index in [0.717, 1.165) is 18.9 Å². The van der Waals surface area contributed by atoms with Crippen LogP contribution < -0.4 is 15.4 Å². The number of ether oxygens (including phenoxy) is 3. The monoisotopic (exact) mass is 442 g/mol. The second-order valence-corrected chi connectivity index (χ2v) is 7.31. The number of phenolic OH excluding ortho intramolecular Hbond substituents is 1. The predicted octanol–water partition coefficient (Wildman–Crippen LogP) is 0.407. The lowest BCUT2D eigenvalue weighted by atomic mass is 10.0. The SMILES string of the molecule is COC(=O)C1CSCc2c(O)cc(OC)c(C)c2C(=O)OCC(NC(=O)O)C(=O)N1. The summed E-state index contributed by atoms with van der Waals surface area (Å²) < 4.78 is 15.0. The summed E-state index contributed by atoms with van der Waals surface area (Å²) in [4.78, 5) is 48.3. The number of esters is 2. The summed E-state index contributed by atoms with van der Waals surface area (Å²) in [6.45, 7) is 0.973. The Labute approximate surface area is 176 Å². The van der Waals surface area contributed by atoms with E-state index >= 15 is 0 Å². The van der Waals surface area contributed by atoms with Gasteiger partial charge in [-0.15, -0.1) is 0 Å². The van der Waals surface area contributed by atoms with Crippen LogP contribution in [-0.2, 0) is 24.8 Å². The third kappa shape index (κ3) is 5.26. The van der Waals surface area contributed by atoms with Crippen LogP contribution >= 0.6 is 11.8 Å². The van der Waals surface area contributed by atoms with Crippen LogP contribution in [0.1, 0.15) is 21.5 Å². The smallest absolute Gasteiger partial charge is 0.405 e. The van der Waals surface area contributed by atoms with Crippen molar-refractivity contribution >= 4 is 35.7 Å². The minimum absolute atomic E-state index is 0.0454. The highest BCUT2D eigenvalue weighted by Crippen LogP contribution is 2.35. The van der Waals surface area contributed by atoms with Crippen LogP contribution in [0.25, 0.3) is 0 Å². The number of carbonyl (C=O) groups excluding carboxylic acids is 3. The Bertz CT molecular complexity index is 859. The Balaban J connectivity index is 2.48. The fourth-order valence-electron chi connectivity index (χ4n) is 2.86. The number of amides is 2. The zero-order chi connectivity index (χ0) is 22.4. The molecular formula is C18H22N2O9S. The molecule has 2 atom stereocenters. The number of aromatic hydroxyl groups is 1. The molecule has 11 nitrogen and oxygen atoms in total. The molecule has 0 saturated heterocycles. The summed E-state index contributed by atoms with van der Waals surface area (Å²) >= 11 is 1.16. The first-order valence-electron chi connectivity index (χ1n) is 8.71. The largest absolute Gasteiger partial charge is 0.507 e. The van der Waals surface area contributed by atoms with E-state index in [9.17, 15) is 24.3 Å². The quantitative estimate of drug-likeness (QED) is 0.483. The average molecular weight is 442 g/mol. The van der Waals surface area contributed by atoms with Crippen LogP contribution in [0.4, 0.5) is 4.79 Å². The van der Waals surface area contributed by atoms with Crippen molar-refractivity contribution in [3.05, 3.63) is 22.8 Å². The highest BCUT2D eigenvalue weighted by Gasteiger charge is 2.31. The van der Waals surface area contributed by atoms with Crippen molar-refractivity contribution in [1.29, 1.82) is 0 Å².